The highest BCUT2D eigenvalue weighted by molar-refractivity contribution is 5.71. The van der Waals surface area contributed by atoms with Gasteiger partial charge in [0.05, 0.1) is 18.8 Å². The average molecular weight is 245 g/mol. The summed E-state index contributed by atoms with van der Waals surface area (Å²) in [6.07, 6.45) is 0.890. The summed E-state index contributed by atoms with van der Waals surface area (Å²) in [5.41, 5.74) is -0.151. The fourth-order valence-electron chi connectivity index (χ4n) is 1.41. The Morgan fingerprint density at radius 2 is 1.94 bits per heavy atom. The van der Waals surface area contributed by atoms with Gasteiger partial charge in [-0.1, -0.05) is 0 Å². The molecule has 17 heavy (non-hydrogen) atoms. The van der Waals surface area contributed by atoms with Crippen LogP contribution in [0.4, 0.5) is 0 Å². The van der Waals surface area contributed by atoms with Crippen molar-refractivity contribution in [3.8, 4) is 0 Å². The normalized spacial score (nSPS) is 12.2. The second kappa shape index (κ2) is 7.67. The van der Waals surface area contributed by atoms with Gasteiger partial charge in [-0.05, 0) is 41.0 Å². The molecule has 0 fully saturated rings. The number of ether oxygens (including phenoxy) is 2. The first-order chi connectivity index (χ1) is 7.82. The van der Waals surface area contributed by atoms with E-state index in [1.165, 1.54) is 0 Å². The highest BCUT2D eigenvalue weighted by Crippen LogP contribution is 2.14. The summed E-state index contributed by atoms with van der Waals surface area (Å²) in [4.78, 5) is 13.6. The molecule has 0 saturated heterocycles. The lowest BCUT2D eigenvalue weighted by Crippen LogP contribution is -2.40. The van der Waals surface area contributed by atoms with Gasteiger partial charge in [0.15, 0.2) is 0 Å². The van der Waals surface area contributed by atoms with E-state index in [4.69, 9.17) is 9.47 Å². The summed E-state index contributed by atoms with van der Waals surface area (Å²) in [6, 6.07) is 0.326. The molecule has 4 nitrogen and oxygen atoms in total. The van der Waals surface area contributed by atoms with Gasteiger partial charge in [0.1, 0.15) is 0 Å². The number of carbonyl (C=O) groups is 1. The highest BCUT2D eigenvalue weighted by atomic mass is 16.5. The van der Waals surface area contributed by atoms with E-state index in [1.807, 2.05) is 6.92 Å². The summed E-state index contributed by atoms with van der Waals surface area (Å²) in [5, 5.41) is 0. The van der Waals surface area contributed by atoms with E-state index < -0.39 is 0 Å². The smallest absolute Gasteiger partial charge is 0.320 e. The first-order valence-corrected chi connectivity index (χ1v) is 6.27. The Morgan fingerprint density at radius 1 is 1.35 bits per heavy atom. The maximum absolute atomic E-state index is 11.5. The van der Waals surface area contributed by atoms with Crippen LogP contribution in [0.2, 0.25) is 0 Å². The molecular formula is C13H27NO3. The fourth-order valence-corrected chi connectivity index (χ4v) is 1.41. The van der Waals surface area contributed by atoms with Crippen LogP contribution in [0.3, 0.4) is 0 Å². The van der Waals surface area contributed by atoms with Crippen LogP contribution in [0.15, 0.2) is 0 Å². The van der Waals surface area contributed by atoms with Crippen molar-refractivity contribution in [2.24, 2.45) is 0 Å². The van der Waals surface area contributed by atoms with Crippen molar-refractivity contribution in [1.29, 1.82) is 0 Å². The summed E-state index contributed by atoms with van der Waals surface area (Å²) in [7, 11) is 1.71. The Kier molecular flexibility index (Phi) is 7.39. The molecule has 0 aliphatic rings. The zero-order valence-electron chi connectivity index (χ0n) is 12.1. The largest absolute Gasteiger partial charge is 0.465 e. The van der Waals surface area contributed by atoms with Gasteiger partial charge >= 0.3 is 5.97 Å². The molecule has 0 unspecified atom stereocenters. The lowest BCUT2D eigenvalue weighted by Gasteiger charge is -2.30. The quantitative estimate of drug-likeness (QED) is 0.614. The third kappa shape index (κ3) is 7.34. The molecule has 0 rings (SSSR count). The molecule has 4 heteroatoms. The van der Waals surface area contributed by atoms with Crippen molar-refractivity contribution < 1.29 is 14.3 Å². The van der Waals surface area contributed by atoms with Crippen molar-refractivity contribution in [2.45, 2.75) is 52.7 Å². The van der Waals surface area contributed by atoms with Crippen LogP contribution in [-0.4, -0.2) is 49.3 Å². The number of rotatable bonds is 8. The van der Waals surface area contributed by atoms with Crippen LogP contribution in [0.5, 0.6) is 0 Å². The molecule has 102 valence electrons. The molecule has 0 amide bonds. The Bertz CT molecular complexity index is 227. The highest BCUT2D eigenvalue weighted by Gasteiger charge is 2.21. The number of hydrogen-bond acceptors (Lipinski definition) is 4. The van der Waals surface area contributed by atoms with Crippen LogP contribution in [0.1, 0.15) is 41.0 Å². The van der Waals surface area contributed by atoms with Crippen molar-refractivity contribution in [3.63, 3.8) is 0 Å². The monoisotopic (exact) mass is 245 g/mol. The van der Waals surface area contributed by atoms with Crippen LogP contribution in [-0.2, 0) is 14.3 Å². The van der Waals surface area contributed by atoms with Gasteiger partial charge < -0.3 is 9.47 Å². The van der Waals surface area contributed by atoms with E-state index in [2.05, 4.69) is 32.6 Å². The Balaban J connectivity index is 4.21. The average Bonchev–Trinajstić information content (AvgIpc) is 2.24. The summed E-state index contributed by atoms with van der Waals surface area (Å²) < 4.78 is 10.3. The van der Waals surface area contributed by atoms with E-state index in [0.717, 1.165) is 13.0 Å². The molecule has 0 aliphatic carbocycles. The minimum atomic E-state index is -0.156. The van der Waals surface area contributed by atoms with Crippen molar-refractivity contribution in [1.82, 2.24) is 4.90 Å². The van der Waals surface area contributed by atoms with Crippen LogP contribution >= 0.6 is 0 Å². The predicted octanol–water partition coefficient (Wildman–Crippen LogP) is 2.08. The third-order valence-electron chi connectivity index (χ3n) is 2.92. The summed E-state index contributed by atoms with van der Waals surface area (Å²) >= 11 is 0. The molecule has 0 bridgehead atoms. The maximum atomic E-state index is 11.5. The third-order valence-corrected chi connectivity index (χ3v) is 2.92. The predicted molar refractivity (Wildman–Crippen MR) is 69.0 cm³/mol. The molecule has 0 N–H and O–H groups in total. The second-order valence-corrected chi connectivity index (χ2v) is 5.08. The van der Waals surface area contributed by atoms with Crippen LogP contribution in [0.25, 0.3) is 0 Å². The minimum absolute atomic E-state index is 0.151. The van der Waals surface area contributed by atoms with Gasteiger partial charge in [-0.2, -0.15) is 0 Å². The number of hydrogen-bond donors (Lipinski definition) is 0. The van der Waals surface area contributed by atoms with Gasteiger partial charge in [-0.3, -0.25) is 9.69 Å². The van der Waals surface area contributed by atoms with E-state index in [9.17, 15) is 4.79 Å². The van der Waals surface area contributed by atoms with Gasteiger partial charge in [0, 0.05) is 19.7 Å². The first-order valence-electron chi connectivity index (χ1n) is 6.27. The molecule has 0 radical (unpaired) electrons. The molecule has 0 aromatic carbocycles. The molecule has 0 heterocycles. The molecule has 0 aliphatic heterocycles. The Hall–Kier alpha value is -0.610. The lowest BCUT2D eigenvalue weighted by atomic mass is 10.0. The SMILES string of the molecule is CCOC(=O)CN(CCC(C)(C)OC)C(C)C. The van der Waals surface area contributed by atoms with E-state index in [1.54, 1.807) is 7.11 Å². The molecule has 0 atom stereocenters. The van der Waals surface area contributed by atoms with Crippen LogP contribution < -0.4 is 0 Å². The Morgan fingerprint density at radius 3 is 2.35 bits per heavy atom. The van der Waals surface area contributed by atoms with E-state index >= 15 is 0 Å². The number of esters is 1. The van der Waals surface area contributed by atoms with Crippen molar-refractivity contribution in [2.75, 3.05) is 26.8 Å². The van der Waals surface area contributed by atoms with Crippen molar-refractivity contribution >= 4 is 5.97 Å². The second-order valence-electron chi connectivity index (χ2n) is 5.08. The molecule has 0 saturated carbocycles. The molecule has 0 aromatic rings. The Labute approximate surface area is 105 Å². The zero-order valence-corrected chi connectivity index (χ0v) is 12.1. The first kappa shape index (κ1) is 16.4. The topological polar surface area (TPSA) is 38.8 Å². The molecular weight excluding hydrogens is 218 g/mol. The molecule has 0 aromatic heterocycles. The summed E-state index contributed by atoms with van der Waals surface area (Å²) in [5.74, 6) is -0.156. The van der Waals surface area contributed by atoms with E-state index in [0.29, 0.717) is 19.2 Å². The number of methoxy groups -OCH3 is 1. The summed E-state index contributed by atoms with van der Waals surface area (Å²) in [6.45, 7) is 11.7. The van der Waals surface area contributed by atoms with Crippen LogP contribution in [0, 0.1) is 0 Å². The molecule has 0 spiro atoms. The minimum Gasteiger partial charge on any atom is -0.465 e. The fraction of sp³-hybridized carbons (Fsp3) is 0.923. The van der Waals surface area contributed by atoms with E-state index in [-0.39, 0.29) is 11.6 Å². The maximum Gasteiger partial charge on any atom is 0.320 e. The standard InChI is InChI=1S/C13H27NO3/c1-7-17-12(15)10-14(11(2)3)9-8-13(4,5)16-6/h11H,7-10H2,1-6H3. The van der Waals surface area contributed by atoms with Gasteiger partial charge in [-0.15, -0.1) is 0 Å². The lowest BCUT2D eigenvalue weighted by molar-refractivity contribution is -0.145. The number of nitrogens with zero attached hydrogens (tertiary/aromatic N) is 1. The van der Waals surface area contributed by atoms with Gasteiger partial charge in [0.25, 0.3) is 0 Å². The number of carbonyl (C=O) groups excluding carboxylic acids is 1. The van der Waals surface area contributed by atoms with Gasteiger partial charge in [0.2, 0.25) is 0 Å². The zero-order chi connectivity index (χ0) is 13.5. The van der Waals surface area contributed by atoms with Gasteiger partial charge in [-0.25, -0.2) is 0 Å². The van der Waals surface area contributed by atoms with Crippen molar-refractivity contribution in [3.05, 3.63) is 0 Å².